The van der Waals surface area contributed by atoms with Gasteiger partial charge in [0.15, 0.2) is 0 Å². The maximum absolute atomic E-state index is 12.3. The lowest BCUT2D eigenvalue weighted by Gasteiger charge is -2.33. The molecule has 1 atom stereocenters. The summed E-state index contributed by atoms with van der Waals surface area (Å²) >= 11 is 0. The van der Waals surface area contributed by atoms with E-state index in [4.69, 9.17) is 0 Å². The summed E-state index contributed by atoms with van der Waals surface area (Å²) in [7, 11) is 0. The number of nitrogens with zero attached hydrogens (tertiary/aromatic N) is 1. The van der Waals surface area contributed by atoms with Crippen LogP contribution in [0.15, 0.2) is 30.3 Å². The Morgan fingerprint density at radius 2 is 1.86 bits per heavy atom. The van der Waals surface area contributed by atoms with Crippen LogP contribution in [-0.4, -0.2) is 36.5 Å². The number of nitrogens with one attached hydrogen (secondary N) is 1. The van der Waals surface area contributed by atoms with E-state index in [9.17, 15) is 4.79 Å². The van der Waals surface area contributed by atoms with Gasteiger partial charge >= 0.3 is 0 Å². The third kappa shape index (κ3) is 4.21. The minimum atomic E-state index is 0. The van der Waals surface area contributed by atoms with E-state index in [0.29, 0.717) is 24.3 Å². The molecule has 3 rings (SSSR count). The van der Waals surface area contributed by atoms with Crippen molar-refractivity contribution in [3.63, 3.8) is 0 Å². The number of hydrogen-bond donors (Lipinski definition) is 1. The van der Waals surface area contributed by atoms with Crippen LogP contribution in [0.3, 0.4) is 0 Å². The summed E-state index contributed by atoms with van der Waals surface area (Å²) in [6.45, 7) is 2.92. The molecule has 0 saturated carbocycles. The molecule has 2 aliphatic heterocycles. The van der Waals surface area contributed by atoms with Crippen LogP contribution < -0.4 is 5.32 Å². The van der Waals surface area contributed by atoms with Gasteiger partial charge in [-0.25, -0.2) is 0 Å². The lowest BCUT2D eigenvalue weighted by Crippen LogP contribution is -2.40. The monoisotopic (exact) mass is 308 g/mol. The third-order valence-electron chi connectivity index (χ3n) is 4.70. The molecule has 4 heteroatoms. The number of likely N-dealkylation sites (tertiary alicyclic amines) is 1. The molecular weight excluding hydrogens is 284 g/mol. The molecule has 0 aliphatic carbocycles. The number of benzene rings is 1. The number of amides is 1. The summed E-state index contributed by atoms with van der Waals surface area (Å²) in [5.74, 6) is 0.973. The zero-order chi connectivity index (χ0) is 13.8. The van der Waals surface area contributed by atoms with Crippen molar-refractivity contribution >= 4 is 18.3 Å². The second-order valence-corrected chi connectivity index (χ2v) is 6.06. The van der Waals surface area contributed by atoms with Crippen molar-refractivity contribution in [3.05, 3.63) is 35.9 Å². The van der Waals surface area contributed by atoms with E-state index in [2.05, 4.69) is 40.5 Å². The zero-order valence-corrected chi connectivity index (χ0v) is 13.3. The molecule has 2 aliphatic rings. The van der Waals surface area contributed by atoms with Crippen LogP contribution in [0.2, 0.25) is 0 Å². The Bertz CT molecular complexity index is 437. The summed E-state index contributed by atoms with van der Waals surface area (Å²) in [5.41, 5.74) is 1.43. The number of rotatable bonds is 3. The van der Waals surface area contributed by atoms with E-state index < -0.39 is 0 Å². The molecule has 1 aromatic carbocycles. The minimum absolute atomic E-state index is 0. The maximum atomic E-state index is 12.3. The second-order valence-electron chi connectivity index (χ2n) is 6.06. The summed E-state index contributed by atoms with van der Waals surface area (Å²) in [6, 6.07) is 11.1. The molecule has 116 valence electrons. The van der Waals surface area contributed by atoms with Crippen LogP contribution >= 0.6 is 12.4 Å². The maximum Gasteiger partial charge on any atom is 0.224 e. The first-order chi connectivity index (χ1) is 9.83. The Labute approximate surface area is 133 Å². The Morgan fingerprint density at radius 1 is 1.14 bits per heavy atom. The fourth-order valence-electron chi connectivity index (χ4n) is 3.46. The van der Waals surface area contributed by atoms with Gasteiger partial charge in [-0.2, -0.15) is 0 Å². The molecule has 0 aromatic heterocycles. The molecule has 3 nitrogen and oxygen atoms in total. The van der Waals surface area contributed by atoms with Crippen molar-refractivity contribution in [2.45, 2.75) is 44.1 Å². The first kappa shape index (κ1) is 16.3. The molecule has 2 saturated heterocycles. The highest BCUT2D eigenvalue weighted by molar-refractivity contribution is 5.85. The van der Waals surface area contributed by atoms with E-state index in [1.54, 1.807) is 0 Å². The first-order valence-electron chi connectivity index (χ1n) is 7.89. The number of carbonyl (C=O) groups excluding carboxylic acids is 1. The van der Waals surface area contributed by atoms with Gasteiger partial charge in [0, 0.05) is 25.6 Å². The van der Waals surface area contributed by atoms with E-state index in [1.165, 1.54) is 12.0 Å². The Balaban J connectivity index is 0.00000161. The standard InChI is InChI=1S/C17H24N2O.ClH/c20-17(13-16-7-4-10-18-16)19-11-8-15(9-12-19)14-5-2-1-3-6-14;/h1-3,5-6,15-16,18H,4,7-13H2;1H. The van der Waals surface area contributed by atoms with E-state index in [-0.39, 0.29) is 12.4 Å². The van der Waals surface area contributed by atoms with Gasteiger partial charge in [0.25, 0.3) is 0 Å². The van der Waals surface area contributed by atoms with Gasteiger partial charge in [0.2, 0.25) is 5.91 Å². The molecule has 0 radical (unpaired) electrons. The number of hydrogen-bond acceptors (Lipinski definition) is 2. The third-order valence-corrected chi connectivity index (χ3v) is 4.70. The van der Waals surface area contributed by atoms with Gasteiger partial charge in [-0.15, -0.1) is 12.4 Å². The molecule has 0 bridgehead atoms. The summed E-state index contributed by atoms with van der Waals surface area (Å²) < 4.78 is 0. The fourth-order valence-corrected chi connectivity index (χ4v) is 3.46. The smallest absolute Gasteiger partial charge is 0.224 e. The number of halogens is 1. The van der Waals surface area contributed by atoms with Gasteiger partial charge in [-0.05, 0) is 43.7 Å². The normalized spacial score (nSPS) is 22.9. The van der Waals surface area contributed by atoms with Crippen LogP contribution in [0.1, 0.15) is 43.6 Å². The number of piperidine rings is 1. The van der Waals surface area contributed by atoms with Crippen molar-refractivity contribution < 1.29 is 4.79 Å². The molecule has 1 N–H and O–H groups in total. The van der Waals surface area contributed by atoms with Crippen LogP contribution in [0.5, 0.6) is 0 Å². The average Bonchev–Trinajstić information content (AvgIpc) is 3.01. The zero-order valence-electron chi connectivity index (χ0n) is 12.5. The Hall–Kier alpha value is -1.06. The largest absolute Gasteiger partial charge is 0.343 e. The highest BCUT2D eigenvalue weighted by Crippen LogP contribution is 2.28. The topological polar surface area (TPSA) is 32.3 Å². The highest BCUT2D eigenvalue weighted by atomic mass is 35.5. The Kier molecular flexibility index (Phi) is 6.07. The van der Waals surface area contributed by atoms with Crippen LogP contribution in [0, 0.1) is 0 Å². The lowest BCUT2D eigenvalue weighted by atomic mass is 9.89. The van der Waals surface area contributed by atoms with Crippen LogP contribution in [-0.2, 0) is 4.79 Å². The summed E-state index contributed by atoms with van der Waals surface area (Å²) in [4.78, 5) is 14.4. The molecule has 21 heavy (non-hydrogen) atoms. The molecule has 0 spiro atoms. The number of carbonyl (C=O) groups is 1. The molecular formula is C17H25ClN2O. The second kappa shape index (κ2) is 7.81. The molecule has 1 aromatic rings. The predicted molar refractivity (Wildman–Crippen MR) is 87.9 cm³/mol. The van der Waals surface area contributed by atoms with Crippen molar-refractivity contribution in [1.82, 2.24) is 10.2 Å². The van der Waals surface area contributed by atoms with Crippen molar-refractivity contribution in [2.24, 2.45) is 0 Å². The average molecular weight is 309 g/mol. The lowest BCUT2D eigenvalue weighted by molar-refractivity contribution is -0.132. The molecule has 1 amide bonds. The quantitative estimate of drug-likeness (QED) is 0.931. The van der Waals surface area contributed by atoms with E-state index >= 15 is 0 Å². The molecule has 2 heterocycles. The van der Waals surface area contributed by atoms with Crippen molar-refractivity contribution in [3.8, 4) is 0 Å². The van der Waals surface area contributed by atoms with Crippen LogP contribution in [0.25, 0.3) is 0 Å². The molecule has 2 fully saturated rings. The van der Waals surface area contributed by atoms with Crippen molar-refractivity contribution in [1.29, 1.82) is 0 Å². The predicted octanol–water partition coefficient (Wildman–Crippen LogP) is 2.96. The van der Waals surface area contributed by atoms with Gasteiger partial charge in [-0.1, -0.05) is 30.3 Å². The van der Waals surface area contributed by atoms with Crippen LogP contribution in [0.4, 0.5) is 0 Å². The highest BCUT2D eigenvalue weighted by Gasteiger charge is 2.26. The van der Waals surface area contributed by atoms with Crippen molar-refractivity contribution in [2.75, 3.05) is 19.6 Å². The fraction of sp³-hybridized carbons (Fsp3) is 0.588. The van der Waals surface area contributed by atoms with Gasteiger partial charge < -0.3 is 10.2 Å². The Morgan fingerprint density at radius 3 is 2.48 bits per heavy atom. The van der Waals surface area contributed by atoms with Gasteiger partial charge in [-0.3, -0.25) is 4.79 Å². The summed E-state index contributed by atoms with van der Waals surface area (Å²) in [5, 5.41) is 3.41. The van der Waals surface area contributed by atoms with Gasteiger partial charge in [0.1, 0.15) is 0 Å². The summed E-state index contributed by atoms with van der Waals surface area (Å²) in [6.07, 6.45) is 5.28. The van der Waals surface area contributed by atoms with E-state index in [0.717, 1.165) is 38.9 Å². The molecule has 1 unspecified atom stereocenters. The minimum Gasteiger partial charge on any atom is -0.343 e. The first-order valence-corrected chi connectivity index (χ1v) is 7.89. The SMILES string of the molecule is Cl.O=C(CC1CCCN1)N1CCC(c2ccccc2)CC1. The van der Waals surface area contributed by atoms with Gasteiger partial charge in [0.05, 0.1) is 0 Å². The van der Waals surface area contributed by atoms with E-state index in [1.807, 2.05) is 0 Å².